The molecule has 1 aromatic carbocycles. The summed E-state index contributed by atoms with van der Waals surface area (Å²) in [4.78, 5) is 30.0. The summed E-state index contributed by atoms with van der Waals surface area (Å²) in [6.07, 6.45) is 2.63. The van der Waals surface area contributed by atoms with Crippen molar-refractivity contribution in [1.82, 2.24) is 9.80 Å². The van der Waals surface area contributed by atoms with Gasteiger partial charge in [0.2, 0.25) is 11.8 Å². The molecule has 0 atom stereocenters. The van der Waals surface area contributed by atoms with Gasteiger partial charge in [0.25, 0.3) is 0 Å². The number of carbonyl (C=O) groups excluding carboxylic acids is 2. The standard InChI is InChI=1S/C21H26N2O2S/c1-17-5-2-6-18(15-17)8-9-20(24)22-10-4-11-23(13-12-22)21(25)16-19-7-3-14-26-19/h2-3,5-7,14-15H,4,8-13,16H2,1H3. The molecule has 26 heavy (non-hydrogen) atoms. The lowest BCUT2D eigenvalue weighted by atomic mass is 10.1. The summed E-state index contributed by atoms with van der Waals surface area (Å²) < 4.78 is 0. The first-order valence-corrected chi connectivity index (χ1v) is 10.1. The van der Waals surface area contributed by atoms with Crippen LogP contribution in [-0.4, -0.2) is 47.8 Å². The highest BCUT2D eigenvalue weighted by atomic mass is 32.1. The van der Waals surface area contributed by atoms with E-state index in [1.807, 2.05) is 33.4 Å². The molecule has 1 aliphatic heterocycles. The fourth-order valence-electron chi connectivity index (χ4n) is 3.37. The van der Waals surface area contributed by atoms with Crippen LogP contribution in [0.15, 0.2) is 41.8 Å². The summed E-state index contributed by atoms with van der Waals surface area (Å²) in [5.74, 6) is 0.362. The topological polar surface area (TPSA) is 40.6 Å². The van der Waals surface area contributed by atoms with Gasteiger partial charge in [-0.2, -0.15) is 0 Å². The molecule has 3 rings (SSSR count). The fourth-order valence-corrected chi connectivity index (χ4v) is 4.06. The molecular weight excluding hydrogens is 344 g/mol. The highest BCUT2D eigenvalue weighted by Crippen LogP contribution is 2.13. The minimum Gasteiger partial charge on any atom is -0.341 e. The SMILES string of the molecule is Cc1cccc(CCC(=O)N2CCCN(C(=O)Cc3cccs3)CC2)c1. The Hall–Kier alpha value is -2.14. The van der Waals surface area contributed by atoms with Crippen LogP contribution in [0.1, 0.15) is 28.8 Å². The number of amides is 2. The Morgan fingerprint density at radius 3 is 2.46 bits per heavy atom. The number of benzene rings is 1. The average molecular weight is 371 g/mol. The highest BCUT2D eigenvalue weighted by Gasteiger charge is 2.22. The van der Waals surface area contributed by atoms with Crippen molar-refractivity contribution in [3.8, 4) is 0 Å². The van der Waals surface area contributed by atoms with Crippen LogP contribution in [0.2, 0.25) is 0 Å². The summed E-state index contributed by atoms with van der Waals surface area (Å²) in [5, 5.41) is 2.00. The van der Waals surface area contributed by atoms with E-state index in [9.17, 15) is 9.59 Å². The van der Waals surface area contributed by atoms with E-state index < -0.39 is 0 Å². The highest BCUT2D eigenvalue weighted by molar-refractivity contribution is 7.10. The molecule has 1 aromatic heterocycles. The Labute approximate surface area is 159 Å². The molecule has 5 heteroatoms. The first kappa shape index (κ1) is 18.6. The molecule has 2 aromatic rings. The number of hydrogen-bond donors (Lipinski definition) is 0. The van der Waals surface area contributed by atoms with Crippen molar-refractivity contribution in [2.24, 2.45) is 0 Å². The molecule has 0 bridgehead atoms. The minimum absolute atomic E-state index is 0.168. The van der Waals surface area contributed by atoms with Crippen LogP contribution in [0.3, 0.4) is 0 Å². The third-order valence-corrected chi connectivity index (χ3v) is 5.69. The Morgan fingerprint density at radius 1 is 1.00 bits per heavy atom. The largest absolute Gasteiger partial charge is 0.341 e. The Morgan fingerprint density at radius 2 is 1.77 bits per heavy atom. The lowest BCUT2D eigenvalue weighted by Crippen LogP contribution is -2.38. The van der Waals surface area contributed by atoms with Gasteiger partial charge in [-0.3, -0.25) is 9.59 Å². The van der Waals surface area contributed by atoms with Crippen molar-refractivity contribution >= 4 is 23.2 Å². The molecule has 2 heterocycles. The van der Waals surface area contributed by atoms with Gasteiger partial charge < -0.3 is 9.80 Å². The number of hydrogen-bond acceptors (Lipinski definition) is 3. The number of aryl methyl sites for hydroxylation is 2. The maximum atomic E-state index is 12.6. The Kier molecular flexibility index (Phi) is 6.45. The maximum Gasteiger partial charge on any atom is 0.227 e. The molecular formula is C21H26N2O2S. The van der Waals surface area contributed by atoms with Crippen LogP contribution in [0, 0.1) is 6.92 Å². The normalized spacial score (nSPS) is 15.0. The molecule has 0 unspecified atom stereocenters. The Bertz CT molecular complexity index is 742. The predicted molar refractivity (Wildman–Crippen MR) is 105 cm³/mol. The fraction of sp³-hybridized carbons (Fsp3) is 0.429. The van der Waals surface area contributed by atoms with Gasteiger partial charge in [0.05, 0.1) is 6.42 Å². The van der Waals surface area contributed by atoms with Gasteiger partial charge in [0, 0.05) is 37.5 Å². The van der Waals surface area contributed by atoms with Crippen molar-refractivity contribution in [2.45, 2.75) is 32.6 Å². The summed E-state index contributed by atoms with van der Waals surface area (Å²) in [5.41, 5.74) is 2.44. The van der Waals surface area contributed by atoms with Crippen LogP contribution in [0.5, 0.6) is 0 Å². The van der Waals surface area contributed by atoms with Crippen molar-refractivity contribution < 1.29 is 9.59 Å². The summed E-state index contributed by atoms with van der Waals surface area (Å²) in [6, 6.07) is 12.3. The van der Waals surface area contributed by atoms with E-state index in [0.29, 0.717) is 25.9 Å². The van der Waals surface area contributed by atoms with E-state index in [0.717, 1.165) is 30.8 Å². The van der Waals surface area contributed by atoms with Crippen LogP contribution >= 0.6 is 11.3 Å². The van der Waals surface area contributed by atoms with Gasteiger partial charge in [0.15, 0.2) is 0 Å². The molecule has 1 fully saturated rings. The van der Waals surface area contributed by atoms with Gasteiger partial charge in [-0.1, -0.05) is 35.9 Å². The summed E-state index contributed by atoms with van der Waals surface area (Å²) in [6.45, 7) is 4.84. The maximum absolute atomic E-state index is 12.6. The van der Waals surface area contributed by atoms with E-state index in [1.165, 1.54) is 11.1 Å². The van der Waals surface area contributed by atoms with E-state index in [4.69, 9.17) is 0 Å². The van der Waals surface area contributed by atoms with Crippen LogP contribution in [-0.2, 0) is 22.4 Å². The Balaban J connectivity index is 1.48. The lowest BCUT2D eigenvalue weighted by Gasteiger charge is -2.22. The van der Waals surface area contributed by atoms with Gasteiger partial charge in [-0.05, 0) is 36.8 Å². The number of thiophene rings is 1. The number of nitrogens with zero attached hydrogens (tertiary/aromatic N) is 2. The molecule has 0 radical (unpaired) electrons. The van der Waals surface area contributed by atoms with Crippen molar-refractivity contribution in [3.05, 3.63) is 57.8 Å². The number of rotatable bonds is 5. The van der Waals surface area contributed by atoms with Crippen molar-refractivity contribution in [1.29, 1.82) is 0 Å². The molecule has 2 amide bonds. The van der Waals surface area contributed by atoms with E-state index in [-0.39, 0.29) is 11.8 Å². The second kappa shape index (κ2) is 8.99. The van der Waals surface area contributed by atoms with Crippen molar-refractivity contribution in [2.75, 3.05) is 26.2 Å². The monoisotopic (exact) mass is 370 g/mol. The third kappa shape index (κ3) is 5.18. The zero-order chi connectivity index (χ0) is 18.4. The van der Waals surface area contributed by atoms with Gasteiger partial charge >= 0.3 is 0 Å². The van der Waals surface area contributed by atoms with Crippen LogP contribution in [0.4, 0.5) is 0 Å². The van der Waals surface area contributed by atoms with Gasteiger partial charge in [0.1, 0.15) is 0 Å². The third-order valence-electron chi connectivity index (χ3n) is 4.82. The quantitative estimate of drug-likeness (QED) is 0.810. The summed E-state index contributed by atoms with van der Waals surface area (Å²) in [7, 11) is 0. The number of carbonyl (C=O) groups is 2. The molecule has 1 aliphatic rings. The van der Waals surface area contributed by atoms with Crippen molar-refractivity contribution in [3.63, 3.8) is 0 Å². The van der Waals surface area contributed by atoms with E-state index in [2.05, 4.69) is 25.1 Å². The minimum atomic E-state index is 0.168. The first-order chi connectivity index (χ1) is 12.6. The molecule has 0 N–H and O–H groups in total. The molecule has 4 nitrogen and oxygen atoms in total. The van der Waals surface area contributed by atoms with Gasteiger partial charge in [-0.25, -0.2) is 0 Å². The zero-order valence-electron chi connectivity index (χ0n) is 15.3. The summed E-state index contributed by atoms with van der Waals surface area (Å²) >= 11 is 1.62. The van der Waals surface area contributed by atoms with E-state index >= 15 is 0 Å². The van der Waals surface area contributed by atoms with Crippen LogP contribution < -0.4 is 0 Å². The average Bonchev–Trinajstić information content (AvgIpc) is 3.01. The smallest absolute Gasteiger partial charge is 0.227 e. The van der Waals surface area contributed by atoms with Crippen LogP contribution in [0.25, 0.3) is 0 Å². The first-order valence-electron chi connectivity index (χ1n) is 9.25. The molecule has 0 saturated carbocycles. The molecule has 0 spiro atoms. The molecule has 0 aliphatic carbocycles. The lowest BCUT2D eigenvalue weighted by molar-refractivity contribution is -0.133. The molecule has 138 valence electrons. The van der Waals surface area contributed by atoms with Gasteiger partial charge in [-0.15, -0.1) is 11.3 Å². The molecule has 1 saturated heterocycles. The van der Waals surface area contributed by atoms with E-state index in [1.54, 1.807) is 11.3 Å². The zero-order valence-corrected chi connectivity index (χ0v) is 16.1. The second-order valence-electron chi connectivity index (χ2n) is 6.86. The second-order valence-corrected chi connectivity index (χ2v) is 7.89. The predicted octanol–water partition coefficient (Wildman–Crippen LogP) is 3.29.